The molecule has 0 saturated carbocycles. The largest absolute Gasteiger partial charge is 0.494 e. The van der Waals surface area contributed by atoms with E-state index in [0.717, 1.165) is 54.1 Å². The van der Waals surface area contributed by atoms with Crippen molar-refractivity contribution in [3.8, 4) is 5.75 Å². The van der Waals surface area contributed by atoms with Gasteiger partial charge in [-0.1, -0.05) is 0 Å². The fourth-order valence-electron chi connectivity index (χ4n) is 3.58. The number of nitrogens with one attached hydrogen (secondary N) is 1. The molecule has 0 aliphatic carbocycles. The number of fused-ring (bicyclic) bond motifs is 1. The number of urea groups is 1. The fraction of sp³-hybridized carbons (Fsp3) is 0.318. The van der Waals surface area contributed by atoms with Crippen LogP contribution in [0.5, 0.6) is 5.75 Å². The summed E-state index contributed by atoms with van der Waals surface area (Å²) in [6.45, 7) is 4.01. The zero-order chi connectivity index (χ0) is 19.3. The number of hydrogen-bond donors (Lipinski definition) is 1. The van der Waals surface area contributed by atoms with Crippen LogP contribution in [0.2, 0.25) is 0 Å². The number of anilines is 1. The molecule has 2 aromatic heterocycles. The second kappa shape index (κ2) is 8.25. The van der Waals surface area contributed by atoms with E-state index in [-0.39, 0.29) is 6.03 Å². The van der Waals surface area contributed by atoms with Crippen LogP contribution in [-0.2, 0) is 0 Å². The van der Waals surface area contributed by atoms with Crippen LogP contribution in [0, 0.1) is 0 Å². The first kappa shape index (κ1) is 18.2. The highest BCUT2D eigenvalue weighted by Crippen LogP contribution is 2.28. The van der Waals surface area contributed by atoms with Gasteiger partial charge in [-0.2, -0.15) is 0 Å². The third-order valence-corrected chi connectivity index (χ3v) is 5.10. The number of pyridine rings is 2. The second-order valence-corrected chi connectivity index (χ2v) is 6.94. The summed E-state index contributed by atoms with van der Waals surface area (Å²) in [4.78, 5) is 23.5. The van der Waals surface area contributed by atoms with Crippen LogP contribution in [0.3, 0.4) is 0 Å². The zero-order valence-electron chi connectivity index (χ0n) is 16.0. The highest BCUT2D eigenvalue weighted by molar-refractivity contribution is 5.89. The summed E-state index contributed by atoms with van der Waals surface area (Å²) in [7, 11) is 0. The molecule has 3 aromatic rings. The third-order valence-electron chi connectivity index (χ3n) is 5.10. The van der Waals surface area contributed by atoms with Crippen molar-refractivity contribution < 1.29 is 9.53 Å². The standard InChI is InChI=1S/C22H24N4O2/c1-2-28-19-8-6-18(7-9-19)24-22(27)26-14-11-16(12-15-26)20-10-5-17-4-3-13-23-21(17)25-20/h3-10,13,16H,2,11-12,14-15H2,1H3,(H,24,27). The third kappa shape index (κ3) is 4.06. The molecule has 0 bridgehead atoms. The van der Waals surface area contributed by atoms with Crippen LogP contribution in [0.15, 0.2) is 54.7 Å². The Morgan fingerprint density at radius 3 is 2.68 bits per heavy atom. The van der Waals surface area contributed by atoms with E-state index in [1.807, 2.05) is 48.2 Å². The van der Waals surface area contributed by atoms with E-state index in [9.17, 15) is 4.79 Å². The monoisotopic (exact) mass is 376 g/mol. The van der Waals surface area contributed by atoms with Crippen LogP contribution >= 0.6 is 0 Å². The molecule has 4 rings (SSSR count). The smallest absolute Gasteiger partial charge is 0.321 e. The average molecular weight is 376 g/mol. The molecule has 0 radical (unpaired) electrons. The van der Waals surface area contributed by atoms with Gasteiger partial charge in [0, 0.05) is 42.0 Å². The molecule has 6 heteroatoms. The lowest BCUT2D eigenvalue weighted by Gasteiger charge is -2.31. The maximum absolute atomic E-state index is 12.6. The van der Waals surface area contributed by atoms with Crippen molar-refractivity contribution in [2.24, 2.45) is 0 Å². The second-order valence-electron chi connectivity index (χ2n) is 6.94. The van der Waals surface area contributed by atoms with Gasteiger partial charge in [0.25, 0.3) is 0 Å². The molecule has 6 nitrogen and oxygen atoms in total. The first-order chi connectivity index (χ1) is 13.7. The lowest BCUT2D eigenvalue weighted by Crippen LogP contribution is -2.40. The van der Waals surface area contributed by atoms with E-state index in [0.29, 0.717) is 12.5 Å². The maximum atomic E-state index is 12.6. The number of hydrogen-bond acceptors (Lipinski definition) is 4. The number of benzene rings is 1. The maximum Gasteiger partial charge on any atom is 0.321 e. The van der Waals surface area contributed by atoms with Crippen LogP contribution in [0.1, 0.15) is 31.4 Å². The van der Waals surface area contributed by atoms with E-state index >= 15 is 0 Å². The minimum Gasteiger partial charge on any atom is -0.494 e. The number of ether oxygens (including phenoxy) is 1. The number of rotatable bonds is 4. The topological polar surface area (TPSA) is 67.3 Å². The van der Waals surface area contributed by atoms with Crippen molar-refractivity contribution in [2.45, 2.75) is 25.7 Å². The number of nitrogens with zero attached hydrogens (tertiary/aromatic N) is 3. The number of amides is 2. The van der Waals surface area contributed by atoms with Crippen LogP contribution < -0.4 is 10.1 Å². The highest BCUT2D eigenvalue weighted by atomic mass is 16.5. The predicted molar refractivity (Wildman–Crippen MR) is 110 cm³/mol. The van der Waals surface area contributed by atoms with Gasteiger partial charge in [0.15, 0.2) is 5.65 Å². The molecule has 144 valence electrons. The van der Waals surface area contributed by atoms with Gasteiger partial charge in [0.1, 0.15) is 5.75 Å². The Bertz CT molecular complexity index is 950. The molecule has 3 heterocycles. The van der Waals surface area contributed by atoms with Gasteiger partial charge in [-0.25, -0.2) is 14.8 Å². The quantitative estimate of drug-likeness (QED) is 0.731. The van der Waals surface area contributed by atoms with E-state index in [2.05, 4.69) is 22.4 Å². The Balaban J connectivity index is 1.34. The van der Waals surface area contributed by atoms with E-state index in [1.54, 1.807) is 6.20 Å². The lowest BCUT2D eigenvalue weighted by molar-refractivity contribution is 0.194. The fourth-order valence-corrected chi connectivity index (χ4v) is 3.58. The minimum absolute atomic E-state index is 0.0595. The Kier molecular flexibility index (Phi) is 5.37. The average Bonchev–Trinajstić information content (AvgIpc) is 2.75. The summed E-state index contributed by atoms with van der Waals surface area (Å²) in [5, 5.41) is 4.02. The normalized spacial score (nSPS) is 14.8. The van der Waals surface area contributed by atoms with Crippen molar-refractivity contribution in [3.63, 3.8) is 0 Å². The molecule has 0 unspecified atom stereocenters. The van der Waals surface area contributed by atoms with Gasteiger partial charge in [0.05, 0.1) is 6.61 Å². The van der Waals surface area contributed by atoms with E-state index < -0.39 is 0 Å². The molecule has 28 heavy (non-hydrogen) atoms. The minimum atomic E-state index is -0.0595. The van der Waals surface area contributed by atoms with Crippen molar-refractivity contribution in [2.75, 3.05) is 25.0 Å². The number of piperidine rings is 1. The summed E-state index contributed by atoms with van der Waals surface area (Å²) in [6, 6.07) is 15.5. The number of carbonyl (C=O) groups excluding carboxylic acids is 1. The van der Waals surface area contributed by atoms with Crippen LogP contribution in [0.25, 0.3) is 11.0 Å². The summed E-state index contributed by atoms with van der Waals surface area (Å²) in [5.41, 5.74) is 2.63. The molecular formula is C22H24N4O2. The Hall–Kier alpha value is -3.15. The summed E-state index contributed by atoms with van der Waals surface area (Å²) >= 11 is 0. The number of carbonyl (C=O) groups is 1. The Labute approximate surface area is 164 Å². The molecule has 0 atom stereocenters. The molecule has 1 aromatic carbocycles. The first-order valence-electron chi connectivity index (χ1n) is 9.73. The van der Waals surface area contributed by atoms with Crippen LogP contribution in [0.4, 0.5) is 10.5 Å². The number of likely N-dealkylation sites (tertiary alicyclic amines) is 1. The molecule has 2 amide bonds. The molecule has 1 aliphatic heterocycles. The van der Waals surface area contributed by atoms with Crippen molar-refractivity contribution >= 4 is 22.8 Å². The first-order valence-corrected chi connectivity index (χ1v) is 9.73. The van der Waals surface area contributed by atoms with Gasteiger partial charge >= 0.3 is 6.03 Å². The van der Waals surface area contributed by atoms with Gasteiger partial charge in [0.2, 0.25) is 0 Å². The Morgan fingerprint density at radius 2 is 1.93 bits per heavy atom. The molecule has 1 N–H and O–H groups in total. The Morgan fingerprint density at radius 1 is 1.14 bits per heavy atom. The number of aromatic nitrogens is 2. The highest BCUT2D eigenvalue weighted by Gasteiger charge is 2.25. The molecule has 1 aliphatic rings. The molecule has 1 saturated heterocycles. The van der Waals surface area contributed by atoms with Gasteiger partial charge in [-0.05, 0) is 68.3 Å². The van der Waals surface area contributed by atoms with E-state index in [1.165, 1.54) is 0 Å². The van der Waals surface area contributed by atoms with Crippen LogP contribution in [-0.4, -0.2) is 40.6 Å². The van der Waals surface area contributed by atoms with E-state index in [4.69, 9.17) is 9.72 Å². The van der Waals surface area contributed by atoms with Crippen molar-refractivity contribution in [3.05, 3.63) is 60.4 Å². The molecule has 1 fully saturated rings. The predicted octanol–water partition coefficient (Wildman–Crippen LogP) is 4.44. The summed E-state index contributed by atoms with van der Waals surface area (Å²) < 4.78 is 5.43. The SMILES string of the molecule is CCOc1ccc(NC(=O)N2CCC(c3ccc4cccnc4n3)CC2)cc1. The molecular weight excluding hydrogens is 352 g/mol. The zero-order valence-corrected chi connectivity index (χ0v) is 16.0. The van der Waals surface area contributed by atoms with Gasteiger partial charge in [-0.15, -0.1) is 0 Å². The van der Waals surface area contributed by atoms with Crippen molar-refractivity contribution in [1.29, 1.82) is 0 Å². The summed E-state index contributed by atoms with van der Waals surface area (Å²) in [5.74, 6) is 1.17. The summed E-state index contributed by atoms with van der Waals surface area (Å²) in [6.07, 6.45) is 3.58. The van der Waals surface area contributed by atoms with Gasteiger partial charge < -0.3 is 15.0 Å². The molecule has 0 spiro atoms. The van der Waals surface area contributed by atoms with Gasteiger partial charge in [-0.3, -0.25) is 0 Å². The van der Waals surface area contributed by atoms with Crippen molar-refractivity contribution in [1.82, 2.24) is 14.9 Å². The lowest BCUT2D eigenvalue weighted by atomic mass is 9.93.